The molecule has 2 N–H and O–H groups in total. The summed E-state index contributed by atoms with van der Waals surface area (Å²) in [4.78, 5) is 35.3. The van der Waals surface area contributed by atoms with E-state index >= 15 is 0 Å². The van der Waals surface area contributed by atoms with E-state index in [0.717, 1.165) is 0 Å². The molecule has 1 fully saturated rings. The van der Waals surface area contributed by atoms with Crippen LogP contribution in [0.1, 0.15) is 27.2 Å². The van der Waals surface area contributed by atoms with Gasteiger partial charge in [0.15, 0.2) is 0 Å². The molecule has 1 aliphatic rings. The highest BCUT2D eigenvalue weighted by molar-refractivity contribution is 5.86. The van der Waals surface area contributed by atoms with E-state index in [9.17, 15) is 14.4 Å². The van der Waals surface area contributed by atoms with Gasteiger partial charge in [0.25, 0.3) is 0 Å². The third-order valence-corrected chi connectivity index (χ3v) is 2.91. The fraction of sp³-hybridized carbons (Fsp3) is 0.750. The lowest BCUT2D eigenvalue weighted by Crippen LogP contribution is -2.40. The normalized spacial score (nSPS) is 20.1. The number of rotatable bonds is 4. The first-order valence-electron chi connectivity index (χ1n) is 6.00. The molecular weight excluding hydrogens is 236 g/mol. The number of carboxylic acids is 1. The fourth-order valence-corrected chi connectivity index (χ4v) is 1.72. The summed E-state index contributed by atoms with van der Waals surface area (Å²) in [5.41, 5.74) is -0.460. The molecule has 0 aromatic heterocycles. The van der Waals surface area contributed by atoms with Gasteiger partial charge in [-0.15, -0.1) is 0 Å². The molecule has 1 aliphatic heterocycles. The first-order chi connectivity index (χ1) is 8.21. The third kappa shape index (κ3) is 3.72. The van der Waals surface area contributed by atoms with Gasteiger partial charge in [0, 0.05) is 31.5 Å². The van der Waals surface area contributed by atoms with Crippen molar-refractivity contribution in [2.45, 2.75) is 27.2 Å². The molecule has 2 amide bonds. The number of carbonyl (C=O) groups excluding carboxylic acids is 2. The van der Waals surface area contributed by atoms with Crippen LogP contribution in [-0.2, 0) is 14.4 Å². The second-order valence-electron chi connectivity index (χ2n) is 5.58. The zero-order chi connectivity index (χ0) is 13.9. The summed E-state index contributed by atoms with van der Waals surface area (Å²) < 4.78 is 0. The molecule has 0 spiro atoms. The predicted octanol–water partition coefficient (Wildman–Crippen LogP) is 0.0818. The van der Waals surface area contributed by atoms with Gasteiger partial charge in [0.05, 0.1) is 5.92 Å². The van der Waals surface area contributed by atoms with E-state index in [1.165, 1.54) is 4.90 Å². The minimum atomic E-state index is -0.940. The van der Waals surface area contributed by atoms with E-state index in [4.69, 9.17) is 5.11 Å². The molecule has 0 saturated carbocycles. The number of nitrogens with zero attached hydrogens (tertiary/aromatic N) is 1. The smallest absolute Gasteiger partial charge is 0.308 e. The second-order valence-corrected chi connectivity index (χ2v) is 5.58. The van der Waals surface area contributed by atoms with Crippen LogP contribution in [0.25, 0.3) is 0 Å². The van der Waals surface area contributed by atoms with Gasteiger partial charge in [0.1, 0.15) is 0 Å². The highest BCUT2D eigenvalue weighted by Crippen LogP contribution is 2.17. The Labute approximate surface area is 106 Å². The van der Waals surface area contributed by atoms with Crippen LogP contribution in [0.2, 0.25) is 0 Å². The van der Waals surface area contributed by atoms with Crippen molar-refractivity contribution < 1.29 is 19.5 Å². The Balaban J connectivity index is 2.35. The standard InChI is InChI=1S/C12H20N2O4/c1-12(2,3)11(18)13-4-5-14-7-8(10(16)17)6-9(14)15/h8H,4-7H2,1-3H3,(H,13,18)(H,16,17). The van der Waals surface area contributed by atoms with Gasteiger partial charge in [-0.05, 0) is 0 Å². The van der Waals surface area contributed by atoms with Crippen LogP contribution in [0.5, 0.6) is 0 Å². The minimum absolute atomic E-state index is 0.0581. The van der Waals surface area contributed by atoms with E-state index in [-0.39, 0.29) is 24.8 Å². The molecule has 1 rings (SSSR count). The molecular formula is C12H20N2O4. The summed E-state index contributed by atoms with van der Waals surface area (Å²) in [6, 6.07) is 0. The highest BCUT2D eigenvalue weighted by Gasteiger charge is 2.33. The second kappa shape index (κ2) is 5.37. The Morgan fingerprint density at radius 2 is 2.06 bits per heavy atom. The zero-order valence-corrected chi connectivity index (χ0v) is 11.0. The summed E-state index contributed by atoms with van der Waals surface area (Å²) in [7, 11) is 0. The number of amides is 2. The maximum absolute atomic E-state index is 11.6. The third-order valence-electron chi connectivity index (χ3n) is 2.91. The van der Waals surface area contributed by atoms with Gasteiger partial charge in [-0.2, -0.15) is 0 Å². The van der Waals surface area contributed by atoms with E-state index in [1.54, 1.807) is 0 Å². The van der Waals surface area contributed by atoms with Gasteiger partial charge in [-0.25, -0.2) is 0 Å². The summed E-state index contributed by atoms with van der Waals surface area (Å²) in [6.07, 6.45) is 0.0581. The minimum Gasteiger partial charge on any atom is -0.481 e. The van der Waals surface area contributed by atoms with Crippen molar-refractivity contribution in [3.05, 3.63) is 0 Å². The van der Waals surface area contributed by atoms with Crippen LogP contribution in [0.4, 0.5) is 0 Å². The van der Waals surface area contributed by atoms with Crippen molar-refractivity contribution in [3.8, 4) is 0 Å². The molecule has 0 aliphatic carbocycles. The summed E-state index contributed by atoms with van der Waals surface area (Å²) in [5, 5.41) is 11.6. The van der Waals surface area contributed by atoms with Crippen molar-refractivity contribution in [3.63, 3.8) is 0 Å². The largest absolute Gasteiger partial charge is 0.481 e. The van der Waals surface area contributed by atoms with Gasteiger partial charge >= 0.3 is 5.97 Å². The molecule has 0 aromatic carbocycles. The zero-order valence-electron chi connectivity index (χ0n) is 11.0. The van der Waals surface area contributed by atoms with Crippen LogP contribution in [-0.4, -0.2) is 47.4 Å². The molecule has 6 heteroatoms. The quantitative estimate of drug-likeness (QED) is 0.746. The van der Waals surface area contributed by atoms with Crippen LogP contribution in [0.15, 0.2) is 0 Å². The number of carboxylic acid groups (broad SMARTS) is 1. The van der Waals surface area contributed by atoms with Crippen molar-refractivity contribution in [2.24, 2.45) is 11.3 Å². The fourth-order valence-electron chi connectivity index (χ4n) is 1.72. The number of hydrogen-bond acceptors (Lipinski definition) is 3. The first kappa shape index (κ1) is 14.5. The van der Waals surface area contributed by atoms with Gasteiger partial charge < -0.3 is 15.3 Å². The molecule has 102 valence electrons. The maximum atomic E-state index is 11.6. The number of aliphatic carboxylic acids is 1. The number of nitrogens with one attached hydrogen (secondary N) is 1. The molecule has 6 nitrogen and oxygen atoms in total. The van der Waals surface area contributed by atoms with Crippen molar-refractivity contribution in [1.82, 2.24) is 10.2 Å². The molecule has 1 atom stereocenters. The van der Waals surface area contributed by atoms with Crippen molar-refractivity contribution in [2.75, 3.05) is 19.6 Å². The Kier molecular flexibility index (Phi) is 4.32. The number of hydrogen-bond donors (Lipinski definition) is 2. The van der Waals surface area contributed by atoms with Crippen LogP contribution >= 0.6 is 0 Å². The molecule has 0 radical (unpaired) electrons. The molecule has 1 unspecified atom stereocenters. The molecule has 18 heavy (non-hydrogen) atoms. The topological polar surface area (TPSA) is 86.7 Å². The van der Waals surface area contributed by atoms with E-state index < -0.39 is 17.3 Å². The van der Waals surface area contributed by atoms with Crippen LogP contribution in [0.3, 0.4) is 0 Å². The monoisotopic (exact) mass is 256 g/mol. The molecule has 0 aromatic rings. The average Bonchev–Trinajstić information content (AvgIpc) is 2.59. The van der Waals surface area contributed by atoms with Gasteiger partial charge in [-0.3, -0.25) is 14.4 Å². The van der Waals surface area contributed by atoms with Crippen molar-refractivity contribution in [1.29, 1.82) is 0 Å². The summed E-state index contributed by atoms with van der Waals surface area (Å²) >= 11 is 0. The average molecular weight is 256 g/mol. The SMILES string of the molecule is CC(C)(C)C(=O)NCCN1CC(C(=O)O)CC1=O. The Bertz CT molecular complexity index is 360. The lowest BCUT2D eigenvalue weighted by atomic mass is 9.96. The Morgan fingerprint density at radius 1 is 1.44 bits per heavy atom. The first-order valence-corrected chi connectivity index (χ1v) is 6.00. The van der Waals surface area contributed by atoms with E-state index in [2.05, 4.69) is 5.32 Å². The molecule has 0 bridgehead atoms. The summed E-state index contributed by atoms with van der Waals surface area (Å²) in [6.45, 7) is 6.38. The maximum Gasteiger partial charge on any atom is 0.308 e. The van der Waals surface area contributed by atoms with Crippen LogP contribution in [0, 0.1) is 11.3 Å². The summed E-state index contributed by atoms with van der Waals surface area (Å²) in [5.74, 6) is -1.79. The number of likely N-dealkylation sites (tertiary alicyclic amines) is 1. The van der Waals surface area contributed by atoms with Crippen molar-refractivity contribution >= 4 is 17.8 Å². The van der Waals surface area contributed by atoms with Gasteiger partial charge in [0.2, 0.25) is 11.8 Å². The lowest BCUT2D eigenvalue weighted by molar-refractivity contribution is -0.141. The Morgan fingerprint density at radius 3 is 2.50 bits per heavy atom. The Hall–Kier alpha value is -1.59. The molecule has 1 heterocycles. The van der Waals surface area contributed by atoms with Gasteiger partial charge in [-0.1, -0.05) is 20.8 Å². The predicted molar refractivity (Wildman–Crippen MR) is 64.8 cm³/mol. The number of carbonyl (C=O) groups is 3. The van der Waals surface area contributed by atoms with E-state index in [1.807, 2.05) is 20.8 Å². The van der Waals surface area contributed by atoms with Crippen LogP contribution < -0.4 is 5.32 Å². The van der Waals surface area contributed by atoms with E-state index in [0.29, 0.717) is 13.1 Å². The lowest BCUT2D eigenvalue weighted by Gasteiger charge is -2.20. The molecule has 1 saturated heterocycles. The highest BCUT2D eigenvalue weighted by atomic mass is 16.4.